The Bertz CT molecular complexity index is 1600. The number of Topliss-reactive ketones (excluding diaryl/α,β-unsaturated/α-hetero) is 1. The molecule has 0 N–H and O–H groups in total. The van der Waals surface area contributed by atoms with E-state index in [-0.39, 0.29) is 5.78 Å². The van der Waals surface area contributed by atoms with E-state index >= 15 is 0 Å². The summed E-state index contributed by atoms with van der Waals surface area (Å²) >= 11 is 5.95. The second-order valence-electron chi connectivity index (χ2n) is 10.3. The van der Waals surface area contributed by atoms with Crippen molar-refractivity contribution >= 4 is 34.2 Å². The van der Waals surface area contributed by atoms with Gasteiger partial charge < -0.3 is 4.90 Å². The summed E-state index contributed by atoms with van der Waals surface area (Å²) in [7, 11) is 0. The molecule has 0 radical (unpaired) electrons. The van der Waals surface area contributed by atoms with E-state index in [2.05, 4.69) is 45.1 Å². The van der Waals surface area contributed by atoms with Gasteiger partial charge in [0.25, 0.3) is 0 Å². The maximum atomic E-state index is 12.6. The molecule has 1 fully saturated rings. The summed E-state index contributed by atoms with van der Waals surface area (Å²) in [6.07, 6.45) is 6.45. The smallest absolute Gasteiger partial charge is 0.147 e. The predicted octanol–water partition coefficient (Wildman–Crippen LogP) is 6.02. The number of rotatable bonds is 8. The molecular weight excluding hydrogens is 518 g/mol. The number of fused-ring (bicyclic) bond motifs is 1. The van der Waals surface area contributed by atoms with Crippen molar-refractivity contribution in [2.45, 2.75) is 19.4 Å². The number of hydrogen-bond donors (Lipinski definition) is 0. The molecule has 3 heterocycles. The quantitative estimate of drug-likeness (QED) is 0.237. The minimum atomic E-state index is 0.182. The van der Waals surface area contributed by atoms with E-state index in [1.165, 1.54) is 5.56 Å². The fraction of sp³-hybridized carbons (Fsp3) is 0.212. The molecule has 5 aromatic rings. The summed E-state index contributed by atoms with van der Waals surface area (Å²) in [6, 6.07) is 26.0. The molecular formula is C33H30ClN5O. The number of carbonyl (C=O) groups excluding carboxylic acids is 1. The van der Waals surface area contributed by atoms with Crippen molar-refractivity contribution in [2.75, 3.05) is 31.1 Å². The van der Waals surface area contributed by atoms with E-state index in [1.54, 1.807) is 0 Å². The van der Waals surface area contributed by atoms with Gasteiger partial charge in [-0.2, -0.15) is 0 Å². The van der Waals surface area contributed by atoms with E-state index in [0.717, 1.165) is 71.8 Å². The Morgan fingerprint density at radius 1 is 0.750 bits per heavy atom. The number of pyridine rings is 1. The molecule has 0 unspecified atom stereocenters. The second-order valence-corrected chi connectivity index (χ2v) is 10.7. The molecule has 7 heteroatoms. The maximum Gasteiger partial charge on any atom is 0.147 e. The minimum Gasteiger partial charge on any atom is -0.353 e. The lowest BCUT2D eigenvalue weighted by molar-refractivity contribution is -0.117. The van der Waals surface area contributed by atoms with Crippen LogP contribution < -0.4 is 4.90 Å². The first-order valence-corrected chi connectivity index (χ1v) is 14.0. The third kappa shape index (κ3) is 6.36. The van der Waals surface area contributed by atoms with Crippen molar-refractivity contribution in [3.8, 4) is 11.1 Å². The number of anilines is 1. The van der Waals surface area contributed by atoms with Crippen LogP contribution in [0.15, 0.2) is 97.5 Å². The molecule has 6 rings (SSSR count). The number of aromatic nitrogens is 3. The Morgan fingerprint density at radius 2 is 1.45 bits per heavy atom. The molecule has 0 aliphatic carbocycles. The summed E-state index contributed by atoms with van der Waals surface area (Å²) in [4.78, 5) is 31.2. The fourth-order valence-corrected chi connectivity index (χ4v) is 5.28. The van der Waals surface area contributed by atoms with Crippen molar-refractivity contribution in [1.82, 2.24) is 19.9 Å². The number of carbonyl (C=O) groups is 1. The number of ketones is 1. The van der Waals surface area contributed by atoms with E-state index in [4.69, 9.17) is 21.6 Å². The zero-order chi connectivity index (χ0) is 27.3. The van der Waals surface area contributed by atoms with Gasteiger partial charge in [-0.1, -0.05) is 60.1 Å². The standard InChI is InChI=1S/C33H30ClN5O/c34-29-10-5-25(6-11-29)19-30(40)18-24-3-7-27(8-4-24)28-9-12-31-32(20-28)37-33(22-36-31)39-16-14-38(15-17-39)23-26-2-1-13-35-21-26/h1-13,20-22H,14-19,23H2. The lowest BCUT2D eigenvalue weighted by Gasteiger charge is -2.35. The van der Waals surface area contributed by atoms with E-state index in [9.17, 15) is 4.79 Å². The van der Waals surface area contributed by atoms with Crippen molar-refractivity contribution in [3.63, 3.8) is 0 Å². The summed E-state index contributed by atoms with van der Waals surface area (Å²) in [6.45, 7) is 4.70. The highest BCUT2D eigenvalue weighted by Crippen LogP contribution is 2.25. The first kappa shape index (κ1) is 26.1. The molecule has 1 aliphatic heterocycles. The molecule has 200 valence electrons. The Kier molecular flexibility index (Phi) is 7.80. The Balaban J connectivity index is 1.10. The van der Waals surface area contributed by atoms with Crippen LogP contribution in [0.3, 0.4) is 0 Å². The van der Waals surface area contributed by atoms with Crippen LogP contribution in [0.5, 0.6) is 0 Å². The molecule has 0 amide bonds. The van der Waals surface area contributed by atoms with Crippen LogP contribution >= 0.6 is 11.6 Å². The van der Waals surface area contributed by atoms with Crippen LogP contribution in [0, 0.1) is 0 Å². The largest absolute Gasteiger partial charge is 0.353 e. The topological polar surface area (TPSA) is 62.2 Å². The second kappa shape index (κ2) is 11.9. The number of halogens is 1. The van der Waals surface area contributed by atoms with Gasteiger partial charge in [0.1, 0.15) is 11.6 Å². The van der Waals surface area contributed by atoms with Crippen LogP contribution in [-0.2, 0) is 24.2 Å². The highest BCUT2D eigenvalue weighted by Gasteiger charge is 2.19. The highest BCUT2D eigenvalue weighted by molar-refractivity contribution is 6.30. The van der Waals surface area contributed by atoms with Gasteiger partial charge in [0, 0.05) is 63.0 Å². The van der Waals surface area contributed by atoms with Crippen molar-refractivity contribution in [2.24, 2.45) is 0 Å². The average molecular weight is 548 g/mol. The zero-order valence-electron chi connectivity index (χ0n) is 22.2. The fourth-order valence-electron chi connectivity index (χ4n) is 5.15. The van der Waals surface area contributed by atoms with Gasteiger partial charge in [-0.3, -0.25) is 19.7 Å². The first-order chi connectivity index (χ1) is 19.6. The summed E-state index contributed by atoms with van der Waals surface area (Å²) in [5.74, 6) is 1.10. The molecule has 2 aromatic heterocycles. The summed E-state index contributed by atoms with van der Waals surface area (Å²) in [5.41, 5.74) is 7.17. The van der Waals surface area contributed by atoms with Gasteiger partial charge in [0.2, 0.25) is 0 Å². The van der Waals surface area contributed by atoms with Gasteiger partial charge in [0.05, 0.1) is 17.2 Å². The molecule has 3 aromatic carbocycles. The SMILES string of the molecule is O=C(Cc1ccc(Cl)cc1)Cc1ccc(-c2ccc3ncc(N4CCN(Cc5cccnc5)CC4)nc3c2)cc1. The minimum absolute atomic E-state index is 0.182. The van der Waals surface area contributed by atoms with Crippen LogP contribution in [-0.4, -0.2) is 51.8 Å². The summed E-state index contributed by atoms with van der Waals surface area (Å²) in [5, 5.41) is 0.679. The number of piperazine rings is 1. The molecule has 6 nitrogen and oxygen atoms in total. The highest BCUT2D eigenvalue weighted by atomic mass is 35.5. The normalized spacial score (nSPS) is 14.0. The van der Waals surface area contributed by atoms with Gasteiger partial charge in [-0.15, -0.1) is 0 Å². The average Bonchev–Trinajstić information content (AvgIpc) is 2.99. The molecule has 1 aliphatic rings. The number of hydrogen-bond acceptors (Lipinski definition) is 6. The van der Waals surface area contributed by atoms with Gasteiger partial charge in [0.15, 0.2) is 0 Å². The van der Waals surface area contributed by atoms with E-state index < -0.39 is 0 Å². The maximum absolute atomic E-state index is 12.6. The third-order valence-corrected chi connectivity index (χ3v) is 7.61. The zero-order valence-corrected chi connectivity index (χ0v) is 23.0. The molecule has 1 saturated heterocycles. The third-order valence-electron chi connectivity index (χ3n) is 7.36. The predicted molar refractivity (Wildman–Crippen MR) is 161 cm³/mol. The van der Waals surface area contributed by atoms with Crippen LogP contribution in [0.2, 0.25) is 5.02 Å². The van der Waals surface area contributed by atoms with Crippen molar-refractivity contribution < 1.29 is 4.79 Å². The molecule has 0 saturated carbocycles. The number of nitrogens with zero attached hydrogens (tertiary/aromatic N) is 5. The lowest BCUT2D eigenvalue weighted by Crippen LogP contribution is -2.46. The first-order valence-electron chi connectivity index (χ1n) is 13.6. The Morgan fingerprint density at radius 3 is 2.15 bits per heavy atom. The van der Waals surface area contributed by atoms with Gasteiger partial charge >= 0.3 is 0 Å². The Labute approximate surface area is 239 Å². The Hall–Kier alpha value is -4.13. The molecule has 40 heavy (non-hydrogen) atoms. The lowest BCUT2D eigenvalue weighted by atomic mass is 9.99. The van der Waals surface area contributed by atoms with Gasteiger partial charge in [-0.05, 0) is 58.1 Å². The summed E-state index contributed by atoms with van der Waals surface area (Å²) < 4.78 is 0. The van der Waals surface area contributed by atoms with Crippen molar-refractivity contribution in [3.05, 3.63) is 119 Å². The monoisotopic (exact) mass is 547 g/mol. The van der Waals surface area contributed by atoms with Gasteiger partial charge in [-0.25, -0.2) is 4.98 Å². The van der Waals surface area contributed by atoms with E-state index in [0.29, 0.717) is 17.9 Å². The molecule has 0 atom stereocenters. The van der Waals surface area contributed by atoms with Crippen molar-refractivity contribution in [1.29, 1.82) is 0 Å². The van der Waals surface area contributed by atoms with Crippen LogP contribution in [0.25, 0.3) is 22.2 Å². The van der Waals surface area contributed by atoms with Crippen LogP contribution in [0.1, 0.15) is 16.7 Å². The molecule has 0 bridgehead atoms. The number of benzene rings is 3. The molecule has 0 spiro atoms. The van der Waals surface area contributed by atoms with E-state index in [1.807, 2.05) is 67.1 Å². The van der Waals surface area contributed by atoms with Crippen LogP contribution in [0.4, 0.5) is 5.82 Å².